The van der Waals surface area contributed by atoms with Gasteiger partial charge in [-0.2, -0.15) is 0 Å². The third-order valence-electron chi connectivity index (χ3n) is 3.02. The van der Waals surface area contributed by atoms with Crippen molar-refractivity contribution in [3.05, 3.63) is 29.8 Å². The molecule has 0 saturated carbocycles. The molecule has 0 radical (unpaired) electrons. The second-order valence-electron chi connectivity index (χ2n) is 4.23. The van der Waals surface area contributed by atoms with E-state index in [2.05, 4.69) is 17.4 Å². The first-order chi connectivity index (χ1) is 8.42. The van der Waals surface area contributed by atoms with Gasteiger partial charge in [-0.05, 0) is 26.0 Å². The molecule has 0 spiro atoms. The van der Waals surface area contributed by atoms with Gasteiger partial charge in [0, 0.05) is 31.2 Å². The first-order valence-electron chi connectivity index (χ1n) is 6.44. The molecule has 1 aromatic carbocycles. The molecule has 1 aliphatic heterocycles. The van der Waals surface area contributed by atoms with Crippen molar-refractivity contribution >= 4 is 0 Å². The van der Waals surface area contributed by atoms with Gasteiger partial charge in [0.25, 0.3) is 0 Å². The minimum Gasteiger partial charge on any atom is -0.493 e. The first kappa shape index (κ1) is 12.4. The molecule has 0 saturated heterocycles. The molecule has 94 valence electrons. The Hall–Kier alpha value is -1.06. The van der Waals surface area contributed by atoms with Crippen molar-refractivity contribution in [2.24, 2.45) is 0 Å². The second kappa shape index (κ2) is 6.62. The SMILES string of the molecule is CCOCCCNC1CCOc2ccccc21. The molecule has 1 N–H and O–H groups in total. The minimum absolute atomic E-state index is 0.432. The van der Waals surface area contributed by atoms with Crippen molar-refractivity contribution in [2.75, 3.05) is 26.4 Å². The summed E-state index contributed by atoms with van der Waals surface area (Å²) in [6, 6.07) is 8.72. The topological polar surface area (TPSA) is 30.5 Å². The molecule has 0 bridgehead atoms. The quantitative estimate of drug-likeness (QED) is 0.769. The molecule has 1 heterocycles. The highest BCUT2D eigenvalue weighted by Gasteiger charge is 2.19. The van der Waals surface area contributed by atoms with E-state index in [1.807, 2.05) is 19.1 Å². The monoisotopic (exact) mass is 235 g/mol. The van der Waals surface area contributed by atoms with E-state index >= 15 is 0 Å². The van der Waals surface area contributed by atoms with Crippen LogP contribution in [0.4, 0.5) is 0 Å². The smallest absolute Gasteiger partial charge is 0.124 e. The largest absolute Gasteiger partial charge is 0.493 e. The van der Waals surface area contributed by atoms with E-state index in [1.165, 1.54) is 5.56 Å². The number of hydrogen-bond acceptors (Lipinski definition) is 3. The fourth-order valence-corrected chi connectivity index (χ4v) is 2.15. The Balaban J connectivity index is 1.82. The number of hydrogen-bond donors (Lipinski definition) is 1. The second-order valence-corrected chi connectivity index (χ2v) is 4.23. The fourth-order valence-electron chi connectivity index (χ4n) is 2.15. The summed E-state index contributed by atoms with van der Waals surface area (Å²) < 4.78 is 11.0. The zero-order chi connectivity index (χ0) is 11.9. The average molecular weight is 235 g/mol. The molecule has 3 nitrogen and oxygen atoms in total. The third-order valence-corrected chi connectivity index (χ3v) is 3.02. The Morgan fingerprint density at radius 1 is 1.41 bits per heavy atom. The summed E-state index contributed by atoms with van der Waals surface area (Å²) in [5.74, 6) is 1.03. The summed E-state index contributed by atoms with van der Waals surface area (Å²) in [6.07, 6.45) is 2.11. The Morgan fingerprint density at radius 3 is 3.18 bits per heavy atom. The van der Waals surface area contributed by atoms with Gasteiger partial charge >= 0.3 is 0 Å². The number of benzene rings is 1. The molecule has 2 rings (SSSR count). The standard InChI is InChI=1S/C14H21NO2/c1-2-16-10-5-9-15-13-8-11-17-14-7-4-3-6-12(13)14/h3-4,6-7,13,15H,2,5,8-11H2,1H3. The molecule has 0 amide bonds. The first-order valence-corrected chi connectivity index (χ1v) is 6.44. The normalized spacial score (nSPS) is 18.5. The van der Waals surface area contributed by atoms with Crippen LogP contribution in [0.5, 0.6) is 5.75 Å². The van der Waals surface area contributed by atoms with Crippen LogP contribution in [0.3, 0.4) is 0 Å². The average Bonchev–Trinajstić information content (AvgIpc) is 2.39. The molecule has 1 aliphatic rings. The molecular formula is C14H21NO2. The maximum atomic E-state index is 5.63. The van der Waals surface area contributed by atoms with Crippen molar-refractivity contribution in [3.8, 4) is 5.75 Å². The highest BCUT2D eigenvalue weighted by Crippen LogP contribution is 2.31. The molecule has 3 heteroatoms. The van der Waals surface area contributed by atoms with E-state index in [9.17, 15) is 0 Å². The van der Waals surface area contributed by atoms with Gasteiger partial charge in [-0.3, -0.25) is 0 Å². The number of fused-ring (bicyclic) bond motifs is 1. The summed E-state index contributed by atoms with van der Waals surface area (Å²) in [7, 11) is 0. The lowest BCUT2D eigenvalue weighted by molar-refractivity contribution is 0.143. The summed E-state index contributed by atoms with van der Waals surface area (Å²) in [6.45, 7) is 5.48. The van der Waals surface area contributed by atoms with E-state index in [0.29, 0.717) is 6.04 Å². The minimum atomic E-state index is 0.432. The number of nitrogens with one attached hydrogen (secondary N) is 1. The molecule has 0 fully saturated rings. The third kappa shape index (κ3) is 3.45. The summed E-state index contributed by atoms with van der Waals surface area (Å²) in [4.78, 5) is 0. The Kier molecular flexibility index (Phi) is 4.83. The predicted molar refractivity (Wildman–Crippen MR) is 68.4 cm³/mol. The highest BCUT2D eigenvalue weighted by atomic mass is 16.5. The molecule has 17 heavy (non-hydrogen) atoms. The van der Waals surface area contributed by atoms with Gasteiger partial charge in [0.15, 0.2) is 0 Å². The highest BCUT2D eigenvalue weighted by molar-refractivity contribution is 5.37. The van der Waals surface area contributed by atoms with Crippen LogP contribution >= 0.6 is 0 Å². The maximum Gasteiger partial charge on any atom is 0.124 e. The van der Waals surface area contributed by atoms with Crippen LogP contribution in [0.15, 0.2) is 24.3 Å². The molecule has 1 unspecified atom stereocenters. The van der Waals surface area contributed by atoms with Crippen LogP contribution in [0.25, 0.3) is 0 Å². The van der Waals surface area contributed by atoms with E-state index in [-0.39, 0.29) is 0 Å². The van der Waals surface area contributed by atoms with Crippen molar-refractivity contribution < 1.29 is 9.47 Å². The zero-order valence-electron chi connectivity index (χ0n) is 10.4. The van der Waals surface area contributed by atoms with Gasteiger partial charge in [0.05, 0.1) is 6.61 Å². The maximum absolute atomic E-state index is 5.63. The van der Waals surface area contributed by atoms with Gasteiger partial charge in [-0.25, -0.2) is 0 Å². The molecule has 0 aromatic heterocycles. The van der Waals surface area contributed by atoms with Crippen LogP contribution < -0.4 is 10.1 Å². The van der Waals surface area contributed by atoms with Crippen molar-refractivity contribution in [1.29, 1.82) is 0 Å². The van der Waals surface area contributed by atoms with E-state index < -0.39 is 0 Å². The van der Waals surface area contributed by atoms with E-state index in [4.69, 9.17) is 9.47 Å². The number of rotatable bonds is 6. The fraction of sp³-hybridized carbons (Fsp3) is 0.571. The van der Waals surface area contributed by atoms with Crippen molar-refractivity contribution in [1.82, 2.24) is 5.32 Å². The lowest BCUT2D eigenvalue weighted by Crippen LogP contribution is -2.28. The Labute approximate surface area is 103 Å². The van der Waals surface area contributed by atoms with Crippen molar-refractivity contribution in [2.45, 2.75) is 25.8 Å². The Bertz CT molecular complexity index is 341. The van der Waals surface area contributed by atoms with Crippen LogP contribution in [0.2, 0.25) is 0 Å². The van der Waals surface area contributed by atoms with Gasteiger partial charge < -0.3 is 14.8 Å². The summed E-state index contributed by atoms with van der Waals surface area (Å²) >= 11 is 0. The van der Waals surface area contributed by atoms with E-state index in [1.54, 1.807) is 0 Å². The Morgan fingerprint density at radius 2 is 2.29 bits per heavy atom. The lowest BCUT2D eigenvalue weighted by Gasteiger charge is -2.26. The zero-order valence-corrected chi connectivity index (χ0v) is 10.4. The van der Waals surface area contributed by atoms with Gasteiger partial charge in [-0.1, -0.05) is 18.2 Å². The summed E-state index contributed by atoms with van der Waals surface area (Å²) in [5.41, 5.74) is 1.29. The van der Waals surface area contributed by atoms with Crippen LogP contribution in [-0.4, -0.2) is 26.4 Å². The van der Waals surface area contributed by atoms with Crippen LogP contribution in [0.1, 0.15) is 31.4 Å². The summed E-state index contributed by atoms with van der Waals surface area (Å²) in [5, 5.41) is 3.58. The molecule has 1 atom stereocenters. The molecular weight excluding hydrogens is 214 g/mol. The lowest BCUT2D eigenvalue weighted by atomic mass is 10.0. The number of para-hydroxylation sites is 1. The van der Waals surface area contributed by atoms with Gasteiger partial charge in [-0.15, -0.1) is 0 Å². The molecule has 1 aromatic rings. The predicted octanol–water partition coefficient (Wildman–Crippen LogP) is 2.53. The number of ether oxygens (including phenoxy) is 2. The van der Waals surface area contributed by atoms with Crippen molar-refractivity contribution in [3.63, 3.8) is 0 Å². The van der Waals surface area contributed by atoms with Crippen LogP contribution in [-0.2, 0) is 4.74 Å². The van der Waals surface area contributed by atoms with E-state index in [0.717, 1.165) is 45.0 Å². The van der Waals surface area contributed by atoms with Gasteiger partial charge in [0.2, 0.25) is 0 Å². The van der Waals surface area contributed by atoms with Gasteiger partial charge in [0.1, 0.15) is 5.75 Å². The van der Waals surface area contributed by atoms with Crippen LogP contribution in [0, 0.1) is 0 Å². The molecule has 0 aliphatic carbocycles.